The van der Waals surface area contributed by atoms with Gasteiger partial charge in [-0.3, -0.25) is 13.9 Å². The fraction of sp³-hybridized carbons (Fsp3) is 0.257. The summed E-state index contributed by atoms with van der Waals surface area (Å²) < 4.78 is 35.2. The van der Waals surface area contributed by atoms with Crippen molar-refractivity contribution in [3.05, 3.63) is 123 Å². The predicted molar refractivity (Wildman–Crippen MR) is 183 cm³/mol. The summed E-state index contributed by atoms with van der Waals surface area (Å²) in [4.78, 5) is 29.6. The number of nitrogens with one attached hydrogen (secondary N) is 1. The summed E-state index contributed by atoms with van der Waals surface area (Å²) in [5, 5.41) is 3.57. The number of carbonyl (C=O) groups excluding carboxylic acids is 2. The van der Waals surface area contributed by atoms with Crippen LogP contribution in [0.1, 0.15) is 29.2 Å². The second-order valence-electron chi connectivity index (χ2n) is 10.9. The Morgan fingerprint density at radius 3 is 2.20 bits per heavy atom. The second-order valence-corrected chi connectivity index (χ2v) is 13.6. The average molecular weight is 683 g/mol. The number of ether oxygens (including phenoxy) is 1. The van der Waals surface area contributed by atoms with Gasteiger partial charge in [0.15, 0.2) is 0 Å². The van der Waals surface area contributed by atoms with E-state index in [0.717, 1.165) is 21.0 Å². The van der Waals surface area contributed by atoms with Gasteiger partial charge >= 0.3 is 0 Å². The Balaban J connectivity index is 1.86. The second kappa shape index (κ2) is 15.5. The van der Waals surface area contributed by atoms with Crippen LogP contribution >= 0.6 is 23.2 Å². The van der Waals surface area contributed by atoms with Gasteiger partial charge in [-0.1, -0.05) is 83.4 Å². The fourth-order valence-corrected chi connectivity index (χ4v) is 6.91. The van der Waals surface area contributed by atoms with Gasteiger partial charge in [-0.2, -0.15) is 0 Å². The molecule has 4 rings (SSSR count). The molecule has 0 bridgehead atoms. The van der Waals surface area contributed by atoms with Crippen molar-refractivity contribution in [2.45, 2.75) is 44.7 Å². The molecule has 0 aliphatic rings. The van der Waals surface area contributed by atoms with Gasteiger partial charge < -0.3 is 15.0 Å². The van der Waals surface area contributed by atoms with Crippen molar-refractivity contribution < 1.29 is 22.7 Å². The Labute approximate surface area is 280 Å². The molecule has 0 aromatic heterocycles. The average Bonchev–Trinajstić information content (AvgIpc) is 3.03. The van der Waals surface area contributed by atoms with Crippen LogP contribution in [0.3, 0.4) is 0 Å². The van der Waals surface area contributed by atoms with Crippen LogP contribution in [0, 0.1) is 13.8 Å². The maximum Gasteiger partial charge on any atom is 0.264 e. The Morgan fingerprint density at radius 1 is 0.891 bits per heavy atom. The third-order valence-electron chi connectivity index (χ3n) is 7.47. The van der Waals surface area contributed by atoms with E-state index in [-0.39, 0.29) is 35.2 Å². The van der Waals surface area contributed by atoms with Gasteiger partial charge in [0.2, 0.25) is 11.8 Å². The highest BCUT2D eigenvalue weighted by Crippen LogP contribution is 2.34. The van der Waals surface area contributed by atoms with E-state index < -0.39 is 28.5 Å². The molecular weight excluding hydrogens is 645 g/mol. The number of likely N-dealkylation sites (N-methyl/N-ethyl adjacent to an activating group) is 1. The Kier molecular flexibility index (Phi) is 11.7. The molecule has 46 heavy (non-hydrogen) atoms. The zero-order chi connectivity index (χ0) is 33.4. The van der Waals surface area contributed by atoms with E-state index in [1.807, 2.05) is 44.2 Å². The van der Waals surface area contributed by atoms with Crippen molar-refractivity contribution in [2.75, 3.05) is 24.5 Å². The molecule has 4 aromatic rings. The molecule has 1 N–H and O–H groups in total. The van der Waals surface area contributed by atoms with Crippen LogP contribution in [0.25, 0.3) is 0 Å². The molecule has 0 aliphatic carbocycles. The maximum atomic E-state index is 14.6. The van der Waals surface area contributed by atoms with Gasteiger partial charge in [-0.05, 0) is 73.9 Å². The lowest BCUT2D eigenvalue weighted by Crippen LogP contribution is -2.53. The summed E-state index contributed by atoms with van der Waals surface area (Å²) in [5.41, 5.74) is 3.21. The monoisotopic (exact) mass is 681 g/mol. The largest absolute Gasteiger partial charge is 0.495 e. The highest BCUT2D eigenvalue weighted by Gasteiger charge is 2.35. The number of carbonyl (C=O) groups is 2. The predicted octanol–water partition coefficient (Wildman–Crippen LogP) is 6.59. The summed E-state index contributed by atoms with van der Waals surface area (Å²) in [6.45, 7) is 5.11. The van der Waals surface area contributed by atoms with Gasteiger partial charge in [0.1, 0.15) is 18.3 Å². The van der Waals surface area contributed by atoms with E-state index in [1.165, 1.54) is 24.1 Å². The number of sulfonamides is 1. The van der Waals surface area contributed by atoms with Crippen molar-refractivity contribution in [2.24, 2.45) is 0 Å². The van der Waals surface area contributed by atoms with E-state index >= 15 is 0 Å². The van der Waals surface area contributed by atoms with Crippen molar-refractivity contribution in [1.82, 2.24) is 10.2 Å². The maximum absolute atomic E-state index is 14.6. The zero-order valence-electron chi connectivity index (χ0n) is 26.2. The van der Waals surface area contributed by atoms with Crippen molar-refractivity contribution in [3.63, 3.8) is 0 Å². The number of methoxy groups -OCH3 is 1. The first kappa shape index (κ1) is 34.8. The molecule has 4 aromatic carbocycles. The van der Waals surface area contributed by atoms with Crippen LogP contribution < -0.4 is 14.4 Å². The van der Waals surface area contributed by atoms with Crippen LogP contribution in [-0.4, -0.2) is 51.4 Å². The molecule has 11 heteroatoms. The number of aryl methyl sites for hydroxylation is 2. The summed E-state index contributed by atoms with van der Waals surface area (Å²) in [6.07, 6.45) is 0.183. The number of hydrogen-bond donors (Lipinski definition) is 1. The number of hydrogen-bond acceptors (Lipinski definition) is 5. The molecule has 2 amide bonds. The summed E-state index contributed by atoms with van der Waals surface area (Å²) in [5.74, 6) is -0.728. The van der Waals surface area contributed by atoms with Gasteiger partial charge in [0, 0.05) is 29.6 Å². The van der Waals surface area contributed by atoms with Crippen LogP contribution in [0.4, 0.5) is 5.69 Å². The number of nitrogens with zero attached hydrogens (tertiary/aromatic N) is 2. The molecule has 0 spiro atoms. The SMILES string of the molecule is CCNC(=O)[C@@H](Cc1ccccc1)N(Cc1ccc(Cl)cc1Cl)C(=O)CN(c1cc(C)ccc1OC)S(=O)(=O)c1ccc(C)cc1. The minimum absolute atomic E-state index is 0.00585. The smallest absolute Gasteiger partial charge is 0.264 e. The third-order valence-corrected chi connectivity index (χ3v) is 9.83. The fourth-order valence-electron chi connectivity index (χ4n) is 5.03. The van der Waals surface area contributed by atoms with Crippen LogP contribution in [0.5, 0.6) is 5.75 Å². The number of rotatable bonds is 13. The first-order chi connectivity index (χ1) is 21.9. The number of benzene rings is 4. The zero-order valence-corrected chi connectivity index (χ0v) is 28.5. The summed E-state index contributed by atoms with van der Waals surface area (Å²) >= 11 is 12.7. The van der Waals surface area contributed by atoms with Crippen LogP contribution in [-0.2, 0) is 32.6 Å². The lowest BCUT2D eigenvalue weighted by molar-refractivity contribution is -0.140. The molecule has 0 unspecified atom stereocenters. The lowest BCUT2D eigenvalue weighted by atomic mass is 10.0. The van der Waals surface area contributed by atoms with Crippen molar-refractivity contribution >= 4 is 50.7 Å². The van der Waals surface area contributed by atoms with E-state index in [9.17, 15) is 18.0 Å². The van der Waals surface area contributed by atoms with Gasteiger partial charge in [-0.15, -0.1) is 0 Å². The Bertz CT molecular complexity index is 1780. The number of halogens is 2. The lowest BCUT2D eigenvalue weighted by Gasteiger charge is -2.34. The van der Waals surface area contributed by atoms with E-state index in [0.29, 0.717) is 22.2 Å². The van der Waals surface area contributed by atoms with E-state index in [4.69, 9.17) is 27.9 Å². The van der Waals surface area contributed by atoms with Crippen molar-refractivity contribution in [1.29, 1.82) is 0 Å². The third kappa shape index (κ3) is 8.40. The molecular formula is C35H37Cl2N3O5S. The molecule has 0 saturated heterocycles. The quantitative estimate of drug-likeness (QED) is 0.172. The minimum Gasteiger partial charge on any atom is -0.495 e. The van der Waals surface area contributed by atoms with E-state index in [2.05, 4.69) is 5.32 Å². The molecule has 0 saturated carbocycles. The van der Waals surface area contributed by atoms with Crippen LogP contribution in [0.15, 0.2) is 95.9 Å². The normalized spacial score (nSPS) is 11.9. The molecule has 1 atom stereocenters. The molecule has 242 valence electrons. The highest BCUT2D eigenvalue weighted by molar-refractivity contribution is 7.92. The topological polar surface area (TPSA) is 96.0 Å². The summed E-state index contributed by atoms with van der Waals surface area (Å²) in [7, 11) is -2.85. The number of amides is 2. The highest BCUT2D eigenvalue weighted by atomic mass is 35.5. The molecule has 0 fully saturated rings. The van der Waals surface area contributed by atoms with Gasteiger partial charge in [-0.25, -0.2) is 8.42 Å². The first-order valence-corrected chi connectivity index (χ1v) is 16.9. The molecule has 0 heterocycles. The summed E-state index contributed by atoms with van der Waals surface area (Å²) in [6, 6.07) is 24.7. The van der Waals surface area contributed by atoms with Crippen molar-refractivity contribution in [3.8, 4) is 5.75 Å². The molecule has 0 aliphatic heterocycles. The van der Waals surface area contributed by atoms with Crippen LogP contribution in [0.2, 0.25) is 10.0 Å². The van der Waals surface area contributed by atoms with E-state index in [1.54, 1.807) is 55.5 Å². The number of anilines is 1. The Morgan fingerprint density at radius 2 is 1.57 bits per heavy atom. The Hall–Kier alpha value is -4.05. The first-order valence-electron chi connectivity index (χ1n) is 14.7. The standard InChI is InChI=1S/C35H37Cl2N3O5S/c1-5-38-35(42)32(20-26-9-7-6-8-10-26)39(22-27-14-15-28(36)21-30(27)37)34(41)23-40(31-19-25(3)13-18-33(31)45-4)46(43,44)29-16-11-24(2)12-17-29/h6-19,21,32H,5,20,22-23H2,1-4H3,(H,38,42)/t32-/m1/s1. The van der Waals surface area contributed by atoms with Gasteiger partial charge in [0.25, 0.3) is 10.0 Å². The minimum atomic E-state index is -4.29. The molecule has 8 nitrogen and oxygen atoms in total. The van der Waals surface area contributed by atoms with Gasteiger partial charge in [0.05, 0.1) is 17.7 Å². The molecule has 0 radical (unpaired) electrons.